The number of aliphatic hydroxyl groups is 1. The van der Waals surface area contributed by atoms with Crippen molar-refractivity contribution in [2.24, 2.45) is 16.7 Å². The lowest BCUT2D eigenvalue weighted by molar-refractivity contribution is -0.139. The van der Waals surface area contributed by atoms with Crippen molar-refractivity contribution in [1.29, 1.82) is 5.41 Å². The third kappa shape index (κ3) is 6.40. The van der Waals surface area contributed by atoms with Gasteiger partial charge < -0.3 is 25.2 Å². The third-order valence-corrected chi connectivity index (χ3v) is 12.0. The van der Waals surface area contributed by atoms with Crippen LogP contribution in [0.2, 0.25) is 0 Å². The molecule has 4 N–H and O–H groups in total. The monoisotopic (exact) mass is 591 g/mol. The van der Waals surface area contributed by atoms with Crippen molar-refractivity contribution in [3.8, 4) is 5.75 Å². The van der Waals surface area contributed by atoms with Crippen molar-refractivity contribution >= 4 is 27.5 Å². The van der Waals surface area contributed by atoms with Crippen molar-refractivity contribution in [2.45, 2.75) is 96.9 Å². The molecule has 0 aromatic heterocycles. The molecule has 4 rings (SSSR count). The van der Waals surface area contributed by atoms with Crippen LogP contribution >= 0.6 is 0 Å². The second kappa shape index (κ2) is 11.9. The van der Waals surface area contributed by atoms with Gasteiger partial charge in [-0.2, -0.15) is 0 Å². The number of aromatic hydroxyl groups is 1. The number of nitrogens with zero attached hydrogens (tertiary/aromatic N) is 1. The van der Waals surface area contributed by atoms with E-state index in [2.05, 4.69) is 26.1 Å². The molecule has 0 radical (unpaired) electrons. The number of carbonyl (C=O) groups is 2. The van der Waals surface area contributed by atoms with Crippen LogP contribution in [0.15, 0.2) is 24.3 Å². The maximum Gasteiger partial charge on any atom is 0.249 e. The number of aliphatic hydroxyl groups excluding tert-OH is 1. The predicted octanol–water partition coefficient (Wildman–Crippen LogP) is 2.80. The normalized spacial score (nSPS) is 28.3. The van der Waals surface area contributed by atoms with Gasteiger partial charge in [0.25, 0.3) is 0 Å². The summed E-state index contributed by atoms with van der Waals surface area (Å²) in [6, 6.07) is 4.30. The molecule has 1 aromatic rings. The zero-order chi connectivity index (χ0) is 30.2. The molecule has 0 spiro atoms. The highest BCUT2D eigenvalue weighted by molar-refractivity contribution is 7.91. The van der Waals surface area contributed by atoms with E-state index < -0.39 is 39.8 Å². The highest BCUT2D eigenvalue weighted by Gasteiger charge is 2.63. The number of phenols is 1. The SMILES string of the molecule is CCS(=O)(=O)CCC(NC(=O)C(O)Cc1ccc(O)cc1)C(=O)N1CCCC1C(=N)OC1CC2CCC1(C)C2(C)C. The van der Waals surface area contributed by atoms with Crippen LogP contribution in [-0.2, 0) is 30.6 Å². The molecule has 1 heterocycles. The minimum atomic E-state index is -3.42. The molecule has 3 aliphatic rings. The van der Waals surface area contributed by atoms with E-state index in [9.17, 15) is 28.2 Å². The largest absolute Gasteiger partial charge is 0.508 e. The Kier molecular flexibility index (Phi) is 9.09. The van der Waals surface area contributed by atoms with Crippen molar-refractivity contribution in [3.05, 3.63) is 29.8 Å². The lowest BCUT2D eigenvalue weighted by atomic mass is 9.70. The Morgan fingerprint density at radius 3 is 2.46 bits per heavy atom. The fourth-order valence-electron chi connectivity index (χ4n) is 6.96. The van der Waals surface area contributed by atoms with Gasteiger partial charge in [-0.05, 0) is 67.6 Å². The molecular weight excluding hydrogens is 546 g/mol. The van der Waals surface area contributed by atoms with Gasteiger partial charge in [-0.25, -0.2) is 8.42 Å². The first-order valence-electron chi connectivity index (χ1n) is 14.7. The van der Waals surface area contributed by atoms with E-state index in [1.54, 1.807) is 12.1 Å². The standard InChI is InChI=1S/C30H45N3O7S/c1-5-41(38,39)16-13-22(32-27(36)24(35)17-19-8-10-21(34)11-9-19)28(37)33-15-6-7-23(33)26(31)40-25-18-20-12-14-30(25,4)29(20,2)3/h8-11,20,22-25,31,34-35H,5-7,12-18H2,1-4H3,(H,32,36). The summed E-state index contributed by atoms with van der Waals surface area (Å²) in [5.41, 5.74) is 0.685. The number of sulfone groups is 1. The summed E-state index contributed by atoms with van der Waals surface area (Å²) in [6.07, 6.45) is 2.56. The molecule has 3 fully saturated rings. The number of carbonyl (C=O) groups excluding carboxylic acids is 2. The molecule has 1 aliphatic heterocycles. The average molecular weight is 592 g/mol. The van der Waals surface area contributed by atoms with E-state index in [-0.39, 0.29) is 52.9 Å². The van der Waals surface area contributed by atoms with Gasteiger partial charge in [0.1, 0.15) is 39.9 Å². The third-order valence-electron chi connectivity index (χ3n) is 10.3. The molecule has 41 heavy (non-hydrogen) atoms. The fourth-order valence-corrected chi connectivity index (χ4v) is 7.84. The molecule has 6 atom stereocenters. The maximum atomic E-state index is 13.8. The molecule has 10 nitrogen and oxygen atoms in total. The number of phenolic OH excluding ortho intramolecular Hbond substituents is 1. The molecule has 2 bridgehead atoms. The first-order chi connectivity index (χ1) is 19.2. The lowest BCUT2D eigenvalue weighted by Crippen LogP contribution is -2.54. The molecule has 1 aromatic carbocycles. The summed E-state index contributed by atoms with van der Waals surface area (Å²) in [7, 11) is -3.42. The summed E-state index contributed by atoms with van der Waals surface area (Å²) in [4.78, 5) is 28.3. The number of ether oxygens (including phenoxy) is 1. The van der Waals surface area contributed by atoms with E-state index in [0.717, 1.165) is 19.3 Å². The molecule has 11 heteroatoms. The fraction of sp³-hybridized carbons (Fsp3) is 0.700. The van der Waals surface area contributed by atoms with Crippen LogP contribution < -0.4 is 5.32 Å². The van der Waals surface area contributed by atoms with Crippen molar-refractivity contribution in [2.75, 3.05) is 18.1 Å². The van der Waals surface area contributed by atoms with Gasteiger partial charge in [-0.15, -0.1) is 0 Å². The van der Waals surface area contributed by atoms with Gasteiger partial charge in [0.2, 0.25) is 17.7 Å². The zero-order valence-electron chi connectivity index (χ0n) is 24.6. The number of fused-ring (bicyclic) bond motifs is 2. The van der Waals surface area contributed by atoms with Crippen LogP contribution in [0, 0.1) is 22.2 Å². The van der Waals surface area contributed by atoms with Crippen LogP contribution in [0.3, 0.4) is 0 Å². The van der Waals surface area contributed by atoms with Crippen LogP contribution in [0.1, 0.15) is 71.8 Å². The number of hydrogen-bond acceptors (Lipinski definition) is 8. The van der Waals surface area contributed by atoms with Crippen molar-refractivity contribution in [3.63, 3.8) is 0 Å². The van der Waals surface area contributed by atoms with Gasteiger partial charge in [-0.3, -0.25) is 15.0 Å². The van der Waals surface area contributed by atoms with Crippen LogP contribution in [0.4, 0.5) is 0 Å². The molecule has 2 amide bonds. The molecule has 2 saturated carbocycles. The highest BCUT2D eigenvalue weighted by Crippen LogP contribution is 2.66. The Bertz CT molecular complexity index is 1250. The van der Waals surface area contributed by atoms with E-state index >= 15 is 0 Å². The molecular formula is C30H45N3O7S. The maximum absolute atomic E-state index is 13.8. The van der Waals surface area contributed by atoms with Gasteiger partial charge in [0.15, 0.2) is 0 Å². The van der Waals surface area contributed by atoms with E-state index in [1.807, 2.05) is 0 Å². The molecule has 6 unspecified atom stereocenters. The summed E-state index contributed by atoms with van der Waals surface area (Å²) < 4.78 is 30.9. The Morgan fingerprint density at radius 1 is 1.20 bits per heavy atom. The van der Waals surface area contributed by atoms with Crippen molar-refractivity contribution < 1.29 is 33.0 Å². The van der Waals surface area contributed by atoms with Crippen LogP contribution in [-0.4, -0.2) is 83.6 Å². The number of hydrogen-bond donors (Lipinski definition) is 4. The molecule has 228 valence electrons. The van der Waals surface area contributed by atoms with Crippen molar-refractivity contribution in [1.82, 2.24) is 10.2 Å². The number of likely N-dealkylation sites (tertiary alicyclic amines) is 1. The van der Waals surface area contributed by atoms with Gasteiger partial charge >= 0.3 is 0 Å². The Morgan fingerprint density at radius 2 is 1.88 bits per heavy atom. The second-order valence-corrected chi connectivity index (χ2v) is 15.2. The molecule has 2 aliphatic carbocycles. The number of amides is 2. The summed E-state index contributed by atoms with van der Waals surface area (Å²) in [5.74, 6) is -1.00. The summed E-state index contributed by atoms with van der Waals surface area (Å²) in [5, 5.41) is 31.5. The molecule has 1 saturated heterocycles. The number of rotatable bonds is 11. The smallest absolute Gasteiger partial charge is 0.249 e. The topological polar surface area (TPSA) is 157 Å². The lowest BCUT2D eigenvalue weighted by Gasteiger charge is -2.40. The Hall–Kier alpha value is -2.66. The zero-order valence-corrected chi connectivity index (χ0v) is 25.4. The minimum absolute atomic E-state index is 0.0391. The first kappa shape index (κ1) is 31.3. The van der Waals surface area contributed by atoms with E-state index in [4.69, 9.17) is 10.1 Å². The van der Waals surface area contributed by atoms with Gasteiger partial charge in [0, 0.05) is 24.1 Å². The number of nitrogens with one attached hydrogen (secondary N) is 2. The summed E-state index contributed by atoms with van der Waals surface area (Å²) >= 11 is 0. The Balaban J connectivity index is 1.45. The van der Waals surface area contributed by atoms with E-state index in [0.29, 0.717) is 30.9 Å². The van der Waals surface area contributed by atoms with Crippen LogP contribution in [0.5, 0.6) is 5.75 Å². The minimum Gasteiger partial charge on any atom is -0.508 e. The van der Waals surface area contributed by atoms with Crippen LogP contribution in [0.25, 0.3) is 0 Å². The summed E-state index contributed by atoms with van der Waals surface area (Å²) in [6.45, 7) is 8.68. The predicted molar refractivity (Wildman–Crippen MR) is 155 cm³/mol. The quantitative estimate of drug-likeness (QED) is 0.228. The average Bonchev–Trinajstić information content (AvgIpc) is 3.55. The van der Waals surface area contributed by atoms with E-state index in [1.165, 1.54) is 24.0 Å². The second-order valence-electron chi connectivity index (χ2n) is 12.7. The number of benzene rings is 1. The first-order valence-corrected chi connectivity index (χ1v) is 16.5. The van der Waals surface area contributed by atoms with Gasteiger partial charge in [0.05, 0.1) is 5.75 Å². The Labute approximate surface area is 243 Å². The highest BCUT2D eigenvalue weighted by atomic mass is 32.2. The van der Waals surface area contributed by atoms with Gasteiger partial charge in [-0.1, -0.05) is 39.8 Å².